The largest absolute Gasteiger partial charge is 0.485 e. The summed E-state index contributed by atoms with van der Waals surface area (Å²) in [6.07, 6.45) is 7.76. The molecule has 3 aliphatic heterocycles. The summed E-state index contributed by atoms with van der Waals surface area (Å²) in [6, 6.07) is 14.4. The molecule has 0 radical (unpaired) electrons. The lowest BCUT2D eigenvalue weighted by molar-refractivity contribution is 0.0431. The molecule has 36 heavy (non-hydrogen) atoms. The fourth-order valence-electron chi connectivity index (χ4n) is 5.94. The number of hydrogen-bond acceptors (Lipinski definition) is 7. The molecule has 1 fully saturated rings. The minimum Gasteiger partial charge on any atom is -0.485 e. The number of ether oxygens (including phenoxy) is 1. The zero-order chi connectivity index (χ0) is 24.4. The van der Waals surface area contributed by atoms with E-state index in [9.17, 15) is 0 Å². The monoisotopic (exact) mass is 479 g/mol. The Morgan fingerprint density at radius 2 is 1.89 bits per heavy atom. The van der Waals surface area contributed by atoms with Crippen molar-refractivity contribution in [3.05, 3.63) is 77.2 Å². The minimum absolute atomic E-state index is 0.102. The highest BCUT2D eigenvalue weighted by atomic mass is 16.5. The first-order chi connectivity index (χ1) is 17.5. The number of para-hydroxylation sites is 1. The molecule has 2 aromatic carbocycles. The molecule has 3 aliphatic rings. The van der Waals surface area contributed by atoms with Crippen molar-refractivity contribution in [3.8, 4) is 11.4 Å². The van der Waals surface area contributed by atoms with Crippen molar-refractivity contribution >= 4 is 23.1 Å². The first-order valence-electron chi connectivity index (χ1n) is 12.5. The summed E-state index contributed by atoms with van der Waals surface area (Å²) >= 11 is 0. The summed E-state index contributed by atoms with van der Waals surface area (Å²) in [5, 5.41) is 4.70. The van der Waals surface area contributed by atoms with Crippen LogP contribution in [-0.2, 0) is 6.54 Å². The van der Waals surface area contributed by atoms with Crippen LogP contribution in [0.4, 0.5) is 5.82 Å². The molecule has 8 heteroatoms. The van der Waals surface area contributed by atoms with Crippen molar-refractivity contribution in [2.24, 2.45) is 5.73 Å². The molecule has 0 aliphatic carbocycles. The van der Waals surface area contributed by atoms with E-state index in [2.05, 4.69) is 53.4 Å². The van der Waals surface area contributed by atoms with Gasteiger partial charge in [0.15, 0.2) is 11.5 Å². The Labute approximate surface area is 210 Å². The zero-order valence-corrected chi connectivity index (χ0v) is 20.6. The topological polar surface area (TPSA) is 85.3 Å². The molecule has 1 saturated heterocycles. The van der Waals surface area contributed by atoms with E-state index < -0.39 is 0 Å². The van der Waals surface area contributed by atoms with E-state index in [0.29, 0.717) is 0 Å². The molecule has 182 valence electrons. The van der Waals surface area contributed by atoms with Crippen LogP contribution < -0.4 is 15.4 Å². The summed E-state index contributed by atoms with van der Waals surface area (Å²) in [4.78, 5) is 14.5. The van der Waals surface area contributed by atoms with Gasteiger partial charge in [-0.3, -0.25) is 0 Å². The van der Waals surface area contributed by atoms with Gasteiger partial charge in [-0.15, -0.1) is 0 Å². The number of rotatable bonds is 2. The third kappa shape index (κ3) is 3.14. The fourth-order valence-corrected chi connectivity index (χ4v) is 5.94. The van der Waals surface area contributed by atoms with Gasteiger partial charge in [-0.05, 0) is 36.9 Å². The maximum atomic E-state index is 6.67. The molecule has 5 heterocycles. The van der Waals surface area contributed by atoms with E-state index in [1.54, 1.807) is 0 Å². The van der Waals surface area contributed by atoms with E-state index in [1.165, 1.54) is 11.1 Å². The van der Waals surface area contributed by atoms with Crippen molar-refractivity contribution in [2.75, 3.05) is 25.0 Å². The Bertz CT molecular complexity index is 1520. The molecule has 0 bridgehead atoms. The maximum Gasteiger partial charge on any atom is 0.182 e. The van der Waals surface area contributed by atoms with Gasteiger partial charge in [-0.25, -0.2) is 14.6 Å². The highest BCUT2D eigenvalue weighted by Crippen LogP contribution is 2.47. The molecule has 0 unspecified atom stereocenters. The van der Waals surface area contributed by atoms with Crippen molar-refractivity contribution in [1.29, 1.82) is 0 Å². The predicted molar refractivity (Wildman–Crippen MR) is 140 cm³/mol. The van der Waals surface area contributed by atoms with Crippen LogP contribution in [0.5, 0.6) is 5.75 Å². The van der Waals surface area contributed by atoms with E-state index in [4.69, 9.17) is 25.5 Å². The highest BCUT2D eigenvalue weighted by Gasteiger charge is 2.48. The summed E-state index contributed by atoms with van der Waals surface area (Å²) in [7, 11) is 2.08. The Kier molecular flexibility index (Phi) is 4.63. The number of nitrogens with zero attached hydrogens (tertiary/aromatic N) is 6. The summed E-state index contributed by atoms with van der Waals surface area (Å²) in [6.45, 7) is 4.55. The van der Waals surface area contributed by atoms with Crippen LogP contribution in [-0.4, -0.2) is 50.4 Å². The van der Waals surface area contributed by atoms with Gasteiger partial charge in [0, 0.05) is 50.7 Å². The van der Waals surface area contributed by atoms with Gasteiger partial charge in [0.1, 0.15) is 16.9 Å². The van der Waals surface area contributed by atoms with Gasteiger partial charge < -0.3 is 20.3 Å². The van der Waals surface area contributed by atoms with Crippen LogP contribution in [0.15, 0.2) is 54.9 Å². The number of hydrogen-bond donors (Lipinski definition) is 1. The van der Waals surface area contributed by atoms with Gasteiger partial charge in [-0.1, -0.05) is 30.3 Å². The lowest BCUT2D eigenvalue weighted by Crippen LogP contribution is -2.51. The number of aryl methyl sites for hydroxylation is 1. The quantitative estimate of drug-likeness (QED) is 0.466. The third-order valence-electron chi connectivity index (χ3n) is 7.91. The molecule has 8 nitrogen and oxygen atoms in total. The van der Waals surface area contributed by atoms with Gasteiger partial charge >= 0.3 is 0 Å². The van der Waals surface area contributed by atoms with Crippen LogP contribution in [0.2, 0.25) is 0 Å². The molecule has 1 atom stereocenters. The molecule has 0 amide bonds. The summed E-state index contributed by atoms with van der Waals surface area (Å²) in [5.41, 5.74) is 13.4. The minimum atomic E-state index is -0.343. The number of fused-ring (bicyclic) bond motifs is 3. The average molecular weight is 480 g/mol. The Morgan fingerprint density at radius 3 is 2.72 bits per heavy atom. The van der Waals surface area contributed by atoms with Crippen LogP contribution in [0.3, 0.4) is 0 Å². The molecule has 2 N–H and O–H groups in total. The first kappa shape index (κ1) is 21.4. The molecule has 4 aromatic rings. The van der Waals surface area contributed by atoms with Crippen LogP contribution in [0, 0.1) is 6.92 Å². The SMILES string of the molecule is Cc1nc2c(cnn2-c2cccc3c2C=CN(C)C3)nc1N1CCC2(CC1)Oc1ccccc1[C@H]2N. The second kappa shape index (κ2) is 7.80. The van der Waals surface area contributed by atoms with Crippen molar-refractivity contribution in [3.63, 3.8) is 0 Å². The zero-order valence-electron chi connectivity index (χ0n) is 20.6. The number of nitrogens with two attached hydrogens (primary N) is 1. The third-order valence-corrected chi connectivity index (χ3v) is 7.91. The van der Waals surface area contributed by atoms with Crippen LogP contribution in [0.1, 0.15) is 41.3 Å². The van der Waals surface area contributed by atoms with Crippen LogP contribution in [0.25, 0.3) is 22.9 Å². The molecule has 0 saturated carbocycles. The number of benzene rings is 2. The first-order valence-corrected chi connectivity index (χ1v) is 12.5. The fraction of sp³-hybridized carbons (Fsp3) is 0.321. The van der Waals surface area contributed by atoms with Crippen molar-refractivity contribution < 1.29 is 4.74 Å². The van der Waals surface area contributed by atoms with E-state index in [-0.39, 0.29) is 11.6 Å². The van der Waals surface area contributed by atoms with Gasteiger partial charge in [0.2, 0.25) is 0 Å². The number of piperidine rings is 1. The Hall–Kier alpha value is -3.91. The number of aromatic nitrogens is 4. The molecular weight excluding hydrogens is 450 g/mol. The van der Waals surface area contributed by atoms with Crippen molar-refractivity contribution in [1.82, 2.24) is 24.6 Å². The molecule has 7 rings (SSSR count). The second-order valence-electron chi connectivity index (χ2n) is 10.1. The maximum absolute atomic E-state index is 6.67. The Morgan fingerprint density at radius 1 is 1.06 bits per heavy atom. The lowest BCUT2D eigenvalue weighted by Gasteiger charge is -2.41. The van der Waals surface area contributed by atoms with Crippen molar-refractivity contribution in [2.45, 2.75) is 38.0 Å². The molecular formula is C28H29N7O. The highest BCUT2D eigenvalue weighted by molar-refractivity contribution is 5.77. The lowest BCUT2D eigenvalue weighted by atomic mass is 9.83. The van der Waals surface area contributed by atoms with E-state index in [0.717, 1.165) is 72.2 Å². The average Bonchev–Trinajstić information content (AvgIpc) is 3.42. The van der Waals surface area contributed by atoms with E-state index >= 15 is 0 Å². The number of anilines is 1. The molecule has 1 spiro atoms. The predicted octanol–water partition coefficient (Wildman–Crippen LogP) is 3.97. The second-order valence-corrected chi connectivity index (χ2v) is 10.1. The molecule has 2 aromatic heterocycles. The summed E-state index contributed by atoms with van der Waals surface area (Å²) < 4.78 is 8.35. The summed E-state index contributed by atoms with van der Waals surface area (Å²) in [5.74, 6) is 1.84. The van der Waals surface area contributed by atoms with Gasteiger partial charge in [0.05, 0.1) is 23.6 Å². The smallest absolute Gasteiger partial charge is 0.182 e. The van der Waals surface area contributed by atoms with E-state index in [1.807, 2.05) is 36.0 Å². The van der Waals surface area contributed by atoms with Gasteiger partial charge in [-0.2, -0.15) is 5.10 Å². The van der Waals surface area contributed by atoms with Gasteiger partial charge in [0.25, 0.3) is 0 Å². The standard InChI is InChI=1S/C28H29N7O/c1-18-26(34-14-11-28(12-15-34)25(29)21-7-3-4-9-24(21)36-28)32-22-16-30-35(27(22)31-18)23-8-5-6-19-17-33(2)13-10-20(19)23/h3-10,13,16,25H,11-12,14-15,17,29H2,1-2H3/t25-/m1/s1. The normalized spacial score (nSPS) is 20.0. The Balaban J connectivity index is 1.18. The van der Waals surface area contributed by atoms with Crippen LogP contribution >= 0.6 is 0 Å².